The molecule has 0 aromatic rings. The molecule has 3 unspecified atom stereocenters. The van der Waals surface area contributed by atoms with Gasteiger partial charge >= 0.3 is 5.97 Å². The smallest absolute Gasteiger partial charge is 0.306 e. The summed E-state index contributed by atoms with van der Waals surface area (Å²) in [7, 11) is 0. The van der Waals surface area contributed by atoms with Gasteiger partial charge in [-0.2, -0.15) is 0 Å². The zero-order valence-corrected chi connectivity index (χ0v) is 38.8. The van der Waals surface area contributed by atoms with Crippen LogP contribution in [0, 0.1) is 0 Å². The van der Waals surface area contributed by atoms with Crippen LogP contribution in [0.4, 0.5) is 0 Å². The lowest BCUT2D eigenvalue weighted by Gasteiger charge is -2.24. The number of aliphatic hydroxyl groups is 2. The van der Waals surface area contributed by atoms with Crippen LogP contribution in [0.3, 0.4) is 0 Å². The summed E-state index contributed by atoms with van der Waals surface area (Å²) in [5.41, 5.74) is 0. The molecule has 0 heterocycles. The Bertz CT molecular complexity index is 1210. The first-order valence-electron chi connectivity index (χ1n) is 24.6. The van der Waals surface area contributed by atoms with E-state index in [0.29, 0.717) is 19.3 Å². The molecule has 342 valence electrons. The Hall–Kier alpha value is -3.22. The van der Waals surface area contributed by atoms with E-state index in [9.17, 15) is 19.8 Å². The molecule has 0 aromatic heterocycles. The quantitative estimate of drug-likeness (QED) is 0.0323. The van der Waals surface area contributed by atoms with Gasteiger partial charge in [0.25, 0.3) is 0 Å². The zero-order valence-electron chi connectivity index (χ0n) is 38.8. The predicted octanol–water partition coefficient (Wildman–Crippen LogP) is 14.6. The number of aliphatic hydroxyl groups excluding tert-OH is 2. The van der Waals surface area contributed by atoms with Gasteiger partial charge in [0.15, 0.2) is 0 Å². The first kappa shape index (κ1) is 56.8. The lowest BCUT2D eigenvalue weighted by atomic mass is 10.0. The highest BCUT2D eigenvalue weighted by Gasteiger charge is 2.24. The summed E-state index contributed by atoms with van der Waals surface area (Å²) in [6.45, 7) is 6.17. The summed E-state index contributed by atoms with van der Waals surface area (Å²) < 4.78 is 5.88. The third-order valence-electron chi connectivity index (χ3n) is 10.6. The van der Waals surface area contributed by atoms with Gasteiger partial charge in [0.1, 0.15) is 6.10 Å². The summed E-state index contributed by atoms with van der Waals surface area (Å²) in [6, 6.07) is -0.732. The van der Waals surface area contributed by atoms with Crippen LogP contribution in [0.1, 0.15) is 207 Å². The Morgan fingerprint density at radius 3 is 1.40 bits per heavy atom. The maximum Gasteiger partial charge on any atom is 0.306 e. The lowest BCUT2D eigenvalue weighted by Crippen LogP contribution is -2.46. The number of carbonyl (C=O) groups is 2. The lowest BCUT2D eigenvalue weighted by molar-refractivity contribution is -0.151. The number of rotatable bonds is 42. The molecule has 1 amide bonds. The number of carbonyl (C=O) groups excluding carboxylic acids is 2. The van der Waals surface area contributed by atoms with Gasteiger partial charge in [-0.05, 0) is 57.8 Å². The second-order valence-electron chi connectivity index (χ2n) is 16.3. The summed E-state index contributed by atoms with van der Waals surface area (Å²) >= 11 is 0. The molecule has 0 aromatic carbocycles. The van der Waals surface area contributed by atoms with Crippen LogP contribution in [0.25, 0.3) is 0 Å². The van der Waals surface area contributed by atoms with Crippen LogP contribution < -0.4 is 5.32 Å². The highest BCUT2D eigenvalue weighted by Crippen LogP contribution is 2.17. The maximum absolute atomic E-state index is 13.2. The van der Waals surface area contributed by atoms with E-state index in [4.69, 9.17) is 4.74 Å². The molecule has 0 aliphatic heterocycles. The number of unbranched alkanes of at least 4 members (excludes halogenated alkanes) is 20. The van der Waals surface area contributed by atoms with Gasteiger partial charge in [0.05, 0.1) is 25.2 Å². The average Bonchev–Trinajstić information content (AvgIpc) is 3.24. The van der Waals surface area contributed by atoms with Crippen molar-refractivity contribution in [3.05, 3.63) is 97.2 Å². The van der Waals surface area contributed by atoms with E-state index < -0.39 is 18.2 Å². The van der Waals surface area contributed by atoms with E-state index in [1.165, 1.54) is 89.9 Å². The molecule has 6 heteroatoms. The minimum absolute atomic E-state index is 0.0183. The van der Waals surface area contributed by atoms with Crippen molar-refractivity contribution >= 4 is 11.9 Å². The molecule has 0 bridgehead atoms. The minimum atomic E-state index is -0.813. The van der Waals surface area contributed by atoms with Crippen LogP contribution in [-0.2, 0) is 14.3 Å². The van der Waals surface area contributed by atoms with Gasteiger partial charge < -0.3 is 20.3 Å². The third-order valence-corrected chi connectivity index (χ3v) is 10.6. The fraction of sp³-hybridized carbons (Fsp3) is 0.667. The minimum Gasteiger partial charge on any atom is -0.462 e. The van der Waals surface area contributed by atoms with Gasteiger partial charge in [-0.1, -0.05) is 234 Å². The molecule has 0 fully saturated rings. The van der Waals surface area contributed by atoms with E-state index in [1.807, 2.05) is 48.6 Å². The number of amides is 1. The molecule has 3 N–H and O–H groups in total. The fourth-order valence-electron chi connectivity index (χ4n) is 6.93. The highest BCUT2D eigenvalue weighted by atomic mass is 16.5. The van der Waals surface area contributed by atoms with E-state index >= 15 is 0 Å². The summed E-state index contributed by atoms with van der Waals surface area (Å²) in [4.78, 5) is 26.1. The Kier molecular flexibility index (Phi) is 44.3. The first-order chi connectivity index (χ1) is 29.5. The standard InChI is InChI=1S/C54H91NO5/c1-4-7-10-13-16-19-22-25-26-29-32-35-38-41-44-47-54(59)60-50(45-42-39-36-33-30-27-23-20-17-14-11-8-5-2)48-53(58)55-51(49-56)52(57)46-43-40-37-34-31-28-24-21-18-15-12-9-6-3/h7-8,10-11,13-14,16-17,19-20,22-23,27,30,33,36,50-52,56-57H,4-6,9,12,15,18,21,24-26,28-29,31-32,34-35,37-49H2,1-3H3,(H,55,58)/b10-7+,11-8+,16-13+,17-14+,22-19+,23-20-,30-27-,36-33+. The molecular formula is C54H91NO5. The van der Waals surface area contributed by atoms with Crippen molar-refractivity contribution in [1.82, 2.24) is 5.32 Å². The molecule has 0 spiro atoms. The first-order valence-corrected chi connectivity index (χ1v) is 24.6. The molecule has 6 nitrogen and oxygen atoms in total. The van der Waals surface area contributed by atoms with Crippen molar-refractivity contribution in [3.8, 4) is 0 Å². The number of hydrogen-bond donors (Lipinski definition) is 3. The second-order valence-corrected chi connectivity index (χ2v) is 16.3. The second kappa shape index (κ2) is 46.8. The number of hydrogen-bond acceptors (Lipinski definition) is 5. The summed E-state index contributed by atoms with van der Waals surface area (Å²) in [5.74, 6) is -0.568. The van der Waals surface area contributed by atoms with Crippen molar-refractivity contribution in [3.63, 3.8) is 0 Å². The summed E-state index contributed by atoms with van der Waals surface area (Å²) in [5, 5.41) is 23.7. The van der Waals surface area contributed by atoms with Crippen molar-refractivity contribution in [2.24, 2.45) is 0 Å². The topological polar surface area (TPSA) is 95.9 Å². The van der Waals surface area contributed by atoms with Crippen molar-refractivity contribution in [1.29, 1.82) is 0 Å². The van der Waals surface area contributed by atoms with Crippen molar-refractivity contribution in [2.75, 3.05) is 6.61 Å². The van der Waals surface area contributed by atoms with Crippen molar-refractivity contribution < 1.29 is 24.5 Å². The molecule has 3 atom stereocenters. The Balaban J connectivity index is 4.72. The Morgan fingerprint density at radius 2 is 0.917 bits per heavy atom. The van der Waals surface area contributed by atoms with Crippen LogP contribution >= 0.6 is 0 Å². The van der Waals surface area contributed by atoms with Crippen LogP contribution in [0.2, 0.25) is 0 Å². The average molecular weight is 834 g/mol. The fourth-order valence-corrected chi connectivity index (χ4v) is 6.93. The Morgan fingerprint density at radius 1 is 0.500 bits per heavy atom. The van der Waals surface area contributed by atoms with Crippen LogP contribution in [-0.4, -0.2) is 46.9 Å². The maximum atomic E-state index is 13.2. The third kappa shape index (κ3) is 41.5. The van der Waals surface area contributed by atoms with E-state index in [0.717, 1.165) is 70.6 Å². The van der Waals surface area contributed by atoms with Crippen LogP contribution in [0.5, 0.6) is 0 Å². The number of ether oxygens (including phenoxy) is 1. The summed E-state index contributed by atoms with van der Waals surface area (Å²) in [6.07, 6.45) is 61.8. The number of nitrogens with one attached hydrogen (secondary N) is 1. The monoisotopic (exact) mass is 834 g/mol. The highest BCUT2D eigenvalue weighted by molar-refractivity contribution is 5.77. The number of esters is 1. The zero-order chi connectivity index (χ0) is 43.8. The largest absolute Gasteiger partial charge is 0.462 e. The Labute approximate surface area is 369 Å². The molecule has 0 aliphatic rings. The van der Waals surface area contributed by atoms with Gasteiger partial charge in [0, 0.05) is 6.42 Å². The van der Waals surface area contributed by atoms with Gasteiger partial charge in [-0.25, -0.2) is 0 Å². The molecule has 0 saturated carbocycles. The van der Waals surface area contributed by atoms with Crippen molar-refractivity contribution in [2.45, 2.75) is 225 Å². The molecule has 0 saturated heterocycles. The normalized spacial score (nSPS) is 14.2. The molecule has 0 rings (SSSR count). The van der Waals surface area contributed by atoms with E-state index in [1.54, 1.807) is 0 Å². The van der Waals surface area contributed by atoms with E-state index in [-0.39, 0.29) is 24.9 Å². The molecular weight excluding hydrogens is 743 g/mol. The molecule has 60 heavy (non-hydrogen) atoms. The molecule has 0 radical (unpaired) electrons. The molecule has 0 aliphatic carbocycles. The van der Waals surface area contributed by atoms with Gasteiger partial charge in [-0.15, -0.1) is 0 Å². The number of allylic oxidation sites excluding steroid dienone is 16. The van der Waals surface area contributed by atoms with Crippen LogP contribution in [0.15, 0.2) is 97.2 Å². The van der Waals surface area contributed by atoms with Gasteiger partial charge in [-0.3, -0.25) is 9.59 Å². The SMILES string of the molecule is CC/C=C/C=C/C=C\C=C/C=C/CCCC(CC(=O)NC(CO)C(O)CCCCCCCCCCCCCCC)OC(=O)CCCCCCCCC/C=C/C=C/C=C/CC. The van der Waals surface area contributed by atoms with Gasteiger partial charge in [0.2, 0.25) is 5.91 Å². The predicted molar refractivity (Wildman–Crippen MR) is 259 cm³/mol. The van der Waals surface area contributed by atoms with E-state index in [2.05, 4.69) is 74.7 Å².